The van der Waals surface area contributed by atoms with Gasteiger partial charge >= 0.3 is 0 Å². The first-order valence-corrected chi connectivity index (χ1v) is 21.9. The van der Waals surface area contributed by atoms with E-state index in [2.05, 4.69) is 55.7 Å². The molecule has 8 rings (SSSR count). The number of sulfonamides is 1. The van der Waals surface area contributed by atoms with E-state index in [1.807, 2.05) is 18.2 Å². The van der Waals surface area contributed by atoms with Gasteiger partial charge in [-0.3, -0.25) is 14.8 Å². The maximum atomic E-state index is 15.1. The molecule has 2 fully saturated rings. The SMILES string of the molecule is CC1(C)CC(c2ccc(Cl)cc2)=C(CN2CCN(c3ccc(C(=O)NS(=O)(=O)c4cnc(OCC5(F)CCOCC5)c(Cl)c4)c(Oc4cccc5[nH]ncc45)c3)CC2)CO1. The number of hydrogen-bond donors (Lipinski definition) is 2. The van der Waals surface area contributed by atoms with E-state index in [0.717, 1.165) is 55.1 Å². The van der Waals surface area contributed by atoms with Crippen molar-refractivity contribution in [2.75, 3.05) is 64.1 Å². The monoisotopic (exact) mass is 878 g/mol. The van der Waals surface area contributed by atoms with Crippen LogP contribution in [0.2, 0.25) is 10.0 Å². The number of carbonyl (C=O) groups excluding carboxylic acids is 1. The number of H-pyrrole nitrogens is 1. The number of fused-ring (bicyclic) bond motifs is 1. The number of ether oxygens (including phenoxy) is 4. The summed E-state index contributed by atoms with van der Waals surface area (Å²) in [6, 6.07) is 19.5. The minimum Gasteiger partial charge on any atom is -0.473 e. The van der Waals surface area contributed by atoms with Crippen LogP contribution in [-0.2, 0) is 19.5 Å². The van der Waals surface area contributed by atoms with Crippen molar-refractivity contribution < 1.29 is 36.6 Å². The molecular weight excluding hydrogens is 834 g/mol. The van der Waals surface area contributed by atoms with Crippen LogP contribution in [0.25, 0.3) is 16.5 Å². The summed E-state index contributed by atoms with van der Waals surface area (Å²) in [5.74, 6) is -0.495. The van der Waals surface area contributed by atoms with Gasteiger partial charge in [0.2, 0.25) is 5.88 Å². The van der Waals surface area contributed by atoms with E-state index >= 15 is 4.39 Å². The van der Waals surface area contributed by atoms with Gasteiger partial charge in [-0.15, -0.1) is 0 Å². The molecular formula is C43H45Cl2FN6O7S. The van der Waals surface area contributed by atoms with Crippen molar-refractivity contribution in [2.45, 2.75) is 49.3 Å². The van der Waals surface area contributed by atoms with Crippen LogP contribution in [0.1, 0.15) is 49.0 Å². The number of anilines is 1. The molecule has 1 amide bonds. The summed E-state index contributed by atoms with van der Waals surface area (Å²) in [6.07, 6.45) is 3.73. The van der Waals surface area contributed by atoms with Crippen molar-refractivity contribution >= 4 is 61.3 Å². The third-order valence-corrected chi connectivity index (χ3v) is 12.9. The van der Waals surface area contributed by atoms with Gasteiger partial charge in [0.05, 0.1) is 41.1 Å². The lowest BCUT2D eigenvalue weighted by molar-refractivity contribution is -0.0331. The number of rotatable bonds is 12. The molecule has 316 valence electrons. The Hall–Kier alpha value is -4.77. The molecule has 3 aliphatic rings. The molecule has 0 bridgehead atoms. The highest BCUT2D eigenvalue weighted by molar-refractivity contribution is 7.90. The molecule has 5 heterocycles. The summed E-state index contributed by atoms with van der Waals surface area (Å²) in [5.41, 5.74) is 3.31. The van der Waals surface area contributed by atoms with Crippen LogP contribution in [0.3, 0.4) is 0 Å². The lowest BCUT2D eigenvalue weighted by Gasteiger charge is -2.39. The number of pyridine rings is 1. The number of aromatic nitrogens is 3. The van der Waals surface area contributed by atoms with Crippen molar-refractivity contribution in [3.8, 4) is 17.4 Å². The number of carbonyl (C=O) groups is 1. The van der Waals surface area contributed by atoms with Crippen molar-refractivity contribution in [1.82, 2.24) is 24.8 Å². The van der Waals surface area contributed by atoms with Gasteiger partial charge in [-0.05, 0) is 73.0 Å². The smallest absolute Gasteiger partial charge is 0.268 e. The summed E-state index contributed by atoms with van der Waals surface area (Å²) in [6.45, 7) is 8.71. The third-order valence-electron chi connectivity index (χ3n) is 11.1. The molecule has 0 spiro atoms. The number of piperazine rings is 1. The van der Waals surface area contributed by atoms with Gasteiger partial charge in [-0.25, -0.2) is 22.5 Å². The minimum absolute atomic E-state index is 0.0212. The molecule has 0 atom stereocenters. The summed E-state index contributed by atoms with van der Waals surface area (Å²) >= 11 is 12.6. The number of aromatic amines is 1. The van der Waals surface area contributed by atoms with E-state index in [0.29, 0.717) is 35.9 Å². The fraction of sp³-hybridized carbons (Fsp3) is 0.372. The Balaban J connectivity index is 0.994. The maximum Gasteiger partial charge on any atom is 0.268 e. The van der Waals surface area contributed by atoms with Gasteiger partial charge in [0.15, 0.2) is 0 Å². The Kier molecular flexibility index (Phi) is 12.1. The number of alkyl halides is 1. The lowest BCUT2D eigenvalue weighted by atomic mass is 9.87. The summed E-state index contributed by atoms with van der Waals surface area (Å²) in [5, 5.41) is 8.26. The summed E-state index contributed by atoms with van der Waals surface area (Å²) in [4.78, 5) is 22.1. The van der Waals surface area contributed by atoms with Crippen molar-refractivity contribution in [1.29, 1.82) is 0 Å². The number of halogens is 3. The molecule has 2 saturated heterocycles. The molecule has 60 heavy (non-hydrogen) atoms. The van der Waals surface area contributed by atoms with Gasteiger partial charge in [0.25, 0.3) is 15.9 Å². The fourth-order valence-electron chi connectivity index (χ4n) is 7.61. The second kappa shape index (κ2) is 17.3. The molecule has 3 aromatic carbocycles. The minimum atomic E-state index is -4.49. The predicted octanol–water partition coefficient (Wildman–Crippen LogP) is 7.85. The van der Waals surface area contributed by atoms with Gasteiger partial charge in [-0.2, -0.15) is 5.10 Å². The Morgan fingerprint density at radius 2 is 1.75 bits per heavy atom. The average Bonchev–Trinajstić information content (AvgIpc) is 3.72. The van der Waals surface area contributed by atoms with E-state index in [4.69, 9.17) is 42.1 Å². The van der Waals surface area contributed by atoms with Crippen LogP contribution in [0.15, 0.2) is 89.6 Å². The molecule has 2 N–H and O–H groups in total. The van der Waals surface area contributed by atoms with E-state index in [-0.39, 0.29) is 65.4 Å². The first kappa shape index (κ1) is 41.9. The van der Waals surface area contributed by atoms with Gasteiger partial charge in [0.1, 0.15) is 33.7 Å². The van der Waals surface area contributed by atoms with Crippen LogP contribution in [0.4, 0.5) is 10.1 Å². The van der Waals surface area contributed by atoms with E-state index in [9.17, 15) is 13.2 Å². The highest BCUT2D eigenvalue weighted by Crippen LogP contribution is 2.38. The van der Waals surface area contributed by atoms with Crippen LogP contribution >= 0.6 is 23.2 Å². The normalized spacial score (nSPS) is 18.4. The predicted molar refractivity (Wildman–Crippen MR) is 228 cm³/mol. The summed E-state index contributed by atoms with van der Waals surface area (Å²) in [7, 11) is -4.49. The van der Waals surface area contributed by atoms with Crippen LogP contribution < -0.4 is 19.1 Å². The number of nitrogens with one attached hydrogen (secondary N) is 2. The van der Waals surface area contributed by atoms with Crippen LogP contribution in [0, 0.1) is 0 Å². The number of benzene rings is 3. The lowest BCUT2D eigenvalue weighted by Crippen LogP contribution is -2.47. The Labute approximate surface area is 357 Å². The Bertz CT molecular complexity index is 2520. The maximum absolute atomic E-state index is 15.1. The van der Waals surface area contributed by atoms with Crippen molar-refractivity contribution in [3.63, 3.8) is 0 Å². The standard InChI is InChI=1S/C43H45Cl2FN6O7S/c1-42(2)22-34(28-6-8-30(44)9-7-28)29(26-58-42)25-51-14-16-52(17-15-51)31-10-11-33(39(20-31)59-38-5-3-4-37-35(38)24-48-49-37)40(53)50-60(54,55)32-21-36(45)41(47-23-32)57-27-43(46)12-18-56-19-13-43/h3-11,20-21,23-24H,12-19,22,25-27H2,1-2H3,(H,48,49)(H,50,53). The highest BCUT2D eigenvalue weighted by atomic mass is 35.5. The van der Waals surface area contributed by atoms with Gasteiger partial charge < -0.3 is 23.8 Å². The molecule has 0 saturated carbocycles. The zero-order valence-electron chi connectivity index (χ0n) is 33.2. The quantitative estimate of drug-likeness (QED) is 0.126. The second-order valence-electron chi connectivity index (χ2n) is 15.9. The molecule has 17 heteroatoms. The number of hydrogen-bond acceptors (Lipinski definition) is 11. The second-order valence-corrected chi connectivity index (χ2v) is 18.4. The van der Waals surface area contributed by atoms with Crippen molar-refractivity contribution in [3.05, 3.63) is 106 Å². The first-order chi connectivity index (χ1) is 28.7. The third kappa shape index (κ3) is 9.56. The largest absolute Gasteiger partial charge is 0.473 e. The topological polar surface area (TPSA) is 148 Å². The number of amides is 1. The molecule has 2 aromatic heterocycles. The molecule has 0 aliphatic carbocycles. The van der Waals surface area contributed by atoms with Crippen LogP contribution in [0.5, 0.6) is 17.4 Å². The molecule has 3 aliphatic heterocycles. The zero-order chi connectivity index (χ0) is 42.1. The fourth-order valence-corrected chi connectivity index (χ4v) is 8.96. The van der Waals surface area contributed by atoms with E-state index in [1.54, 1.807) is 36.5 Å². The molecule has 13 nitrogen and oxygen atoms in total. The van der Waals surface area contributed by atoms with Crippen LogP contribution in [-0.4, -0.2) is 105 Å². The average molecular weight is 880 g/mol. The summed E-state index contributed by atoms with van der Waals surface area (Å²) < 4.78 is 67.7. The van der Waals surface area contributed by atoms with Gasteiger partial charge in [0, 0.05) is 82.0 Å². The van der Waals surface area contributed by atoms with Crippen molar-refractivity contribution in [2.24, 2.45) is 0 Å². The Morgan fingerprint density at radius 3 is 2.50 bits per heavy atom. The molecule has 0 radical (unpaired) electrons. The first-order valence-electron chi connectivity index (χ1n) is 19.7. The van der Waals surface area contributed by atoms with E-state index < -0.39 is 21.6 Å². The van der Waals surface area contributed by atoms with E-state index in [1.165, 1.54) is 11.1 Å². The Morgan fingerprint density at radius 1 is 0.983 bits per heavy atom. The highest BCUT2D eigenvalue weighted by Gasteiger charge is 2.34. The van der Waals surface area contributed by atoms with Gasteiger partial charge in [-0.1, -0.05) is 41.4 Å². The zero-order valence-corrected chi connectivity index (χ0v) is 35.5. The molecule has 0 unspecified atom stereocenters. The molecule has 5 aromatic rings. The number of nitrogens with zero attached hydrogens (tertiary/aromatic N) is 4.